The summed E-state index contributed by atoms with van der Waals surface area (Å²) in [7, 11) is 0. The smallest absolute Gasteiger partial charge is 0.270 e. The average molecular weight is 506 g/mol. The van der Waals surface area contributed by atoms with Gasteiger partial charge in [-0.3, -0.25) is 19.8 Å². The minimum absolute atomic E-state index is 0.00887. The van der Waals surface area contributed by atoms with Crippen LogP contribution in [0.3, 0.4) is 0 Å². The van der Waals surface area contributed by atoms with Gasteiger partial charge in [-0.05, 0) is 54.2 Å². The van der Waals surface area contributed by atoms with E-state index in [-0.39, 0.29) is 10.7 Å². The summed E-state index contributed by atoms with van der Waals surface area (Å²) in [5.41, 5.74) is 3.19. The first-order valence-electron chi connectivity index (χ1n) is 10.4. The van der Waals surface area contributed by atoms with Gasteiger partial charge in [0, 0.05) is 34.2 Å². The predicted molar refractivity (Wildman–Crippen MR) is 140 cm³/mol. The van der Waals surface area contributed by atoms with Crippen LogP contribution in [0, 0.1) is 0 Å². The Hall–Kier alpha value is -3.45. The Morgan fingerprint density at radius 1 is 0.912 bits per heavy atom. The van der Waals surface area contributed by atoms with Gasteiger partial charge >= 0.3 is 0 Å². The summed E-state index contributed by atoms with van der Waals surface area (Å²) in [6, 6.07) is 22.3. The zero-order valence-electron chi connectivity index (χ0n) is 17.7. The molecule has 5 nitrogen and oxygen atoms in total. The van der Waals surface area contributed by atoms with Crippen molar-refractivity contribution in [2.75, 3.05) is 4.90 Å². The molecule has 1 saturated heterocycles. The number of rotatable bonds is 4. The van der Waals surface area contributed by atoms with Crippen LogP contribution in [-0.2, 0) is 16.1 Å². The molecule has 4 aromatic rings. The van der Waals surface area contributed by atoms with Crippen LogP contribution in [0.25, 0.3) is 17.0 Å². The third-order valence-electron chi connectivity index (χ3n) is 5.58. The van der Waals surface area contributed by atoms with Crippen molar-refractivity contribution in [3.05, 3.63) is 106 Å². The molecule has 0 bridgehead atoms. The van der Waals surface area contributed by atoms with E-state index in [2.05, 4.69) is 9.88 Å². The molecular weight excluding hydrogens is 489 g/mol. The Bertz CT molecular complexity index is 1490. The molecule has 1 fully saturated rings. The van der Waals surface area contributed by atoms with Gasteiger partial charge in [0.1, 0.15) is 5.57 Å². The molecule has 168 valence electrons. The number of hydrogen-bond acceptors (Lipinski definition) is 3. The topological polar surface area (TPSA) is 54.3 Å². The first kappa shape index (κ1) is 22.3. The van der Waals surface area contributed by atoms with Crippen LogP contribution in [0.2, 0.25) is 10.0 Å². The first-order chi connectivity index (χ1) is 16.4. The maximum atomic E-state index is 13.4. The van der Waals surface area contributed by atoms with Crippen molar-refractivity contribution in [3.8, 4) is 0 Å². The molecule has 34 heavy (non-hydrogen) atoms. The van der Waals surface area contributed by atoms with Gasteiger partial charge in [-0.25, -0.2) is 0 Å². The van der Waals surface area contributed by atoms with Gasteiger partial charge < -0.3 is 4.57 Å². The van der Waals surface area contributed by atoms with E-state index in [9.17, 15) is 9.59 Å². The fraction of sp³-hybridized carbons (Fsp3) is 0.0385. The Kier molecular flexibility index (Phi) is 5.96. The van der Waals surface area contributed by atoms with E-state index in [4.69, 9.17) is 35.4 Å². The lowest BCUT2D eigenvalue weighted by molar-refractivity contribution is -0.122. The minimum Gasteiger partial charge on any atom is -0.342 e. The molecule has 1 N–H and O–H groups in total. The Labute approximate surface area is 211 Å². The highest BCUT2D eigenvalue weighted by Gasteiger charge is 2.35. The van der Waals surface area contributed by atoms with Crippen LogP contribution in [0.15, 0.2) is 84.6 Å². The van der Waals surface area contributed by atoms with Crippen LogP contribution in [0.1, 0.15) is 11.1 Å². The molecule has 1 aromatic heterocycles. The van der Waals surface area contributed by atoms with Gasteiger partial charge in [0.15, 0.2) is 5.11 Å². The summed E-state index contributed by atoms with van der Waals surface area (Å²) in [4.78, 5) is 27.4. The predicted octanol–water partition coefficient (Wildman–Crippen LogP) is 5.83. The van der Waals surface area contributed by atoms with Crippen molar-refractivity contribution in [2.45, 2.75) is 6.54 Å². The number of carbonyl (C=O) groups is 2. The molecule has 0 radical (unpaired) electrons. The minimum atomic E-state index is -0.548. The van der Waals surface area contributed by atoms with E-state index >= 15 is 0 Å². The number of aromatic nitrogens is 1. The lowest BCUT2D eigenvalue weighted by Crippen LogP contribution is -2.54. The zero-order valence-corrected chi connectivity index (χ0v) is 20.0. The standard InChI is InChI=1S/C26H17Cl2N3O2S/c27-18-11-9-16(10-12-18)14-30-15-17(19-5-1-3-7-22(19)30)13-20-24(32)29-26(34)31(25(20)33)23-8-4-2-6-21(23)28/h1-13,15H,14H2,(H,29,32,34)/b20-13+. The molecule has 0 saturated carbocycles. The van der Waals surface area contributed by atoms with Crippen LogP contribution in [-0.4, -0.2) is 21.5 Å². The second-order valence-electron chi connectivity index (χ2n) is 7.77. The molecule has 1 aliphatic heterocycles. The van der Waals surface area contributed by atoms with Crippen molar-refractivity contribution < 1.29 is 9.59 Å². The van der Waals surface area contributed by atoms with Crippen molar-refractivity contribution in [1.82, 2.24) is 9.88 Å². The summed E-state index contributed by atoms with van der Waals surface area (Å²) >= 11 is 17.6. The Morgan fingerprint density at radius 2 is 1.62 bits per heavy atom. The van der Waals surface area contributed by atoms with E-state index in [0.29, 0.717) is 22.3 Å². The van der Waals surface area contributed by atoms with Crippen molar-refractivity contribution in [2.24, 2.45) is 0 Å². The highest BCUT2D eigenvalue weighted by atomic mass is 35.5. The van der Waals surface area contributed by atoms with Gasteiger partial charge in [-0.2, -0.15) is 0 Å². The number of thiocarbonyl (C=S) groups is 1. The zero-order chi connectivity index (χ0) is 23.8. The largest absolute Gasteiger partial charge is 0.342 e. The highest BCUT2D eigenvalue weighted by molar-refractivity contribution is 7.80. The maximum Gasteiger partial charge on any atom is 0.270 e. The molecule has 2 amide bonds. The van der Waals surface area contributed by atoms with Crippen LogP contribution < -0.4 is 10.2 Å². The number of halogens is 2. The number of hydrogen-bond donors (Lipinski definition) is 1. The first-order valence-corrected chi connectivity index (χ1v) is 11.6. The summed E-state index contributed by atoms with van der Waals surface area (Å²) in [5.74, 6) is -1.08. The van der Waals surface area contributed by atoms with Gasteiger partial charge in [-0.15, -0.1) is 0 Å². The molecule has 2 heterocycles. The van der Waals surface area contributed by atoms with Crippen molar-refractivity contribution in [1.29, 1.82) is 0 Å². The van der Waals surface area contributed by atoms with Crippen LogP contribution in [0.5, 0.6) is 0 Å². The summed E-state index contributed by atoms with van der Waals surface area (Å²) in [6.45, 7) is 0.608. The molecule has 1 aliphatic rings. The van der Waals surface area contributed by atoms with Gasteiger partial charge in [-0.1, -0.05) is 65.7 Å². The SMILES string of the molecule is O=C1NC(=S)N(c2ccccc2Cl)C(=O)/C1=C/c1cn(Cc2ccc(Cl)cc2)c2ccccc12. The number of nitrogens with one attached hydrogen (secondary N) is 1. The number of fused-ring (bicyclic) bond motifs is 1. The number of nitrogens with zero attached hydrogens (tertiary/aromatic N) is 2. The second-order valence-corrected chi connectivity index (χ2v) is 9.00. The molecule has 0 spiro atoms. The third kappa shape index (κ3) is 4.12. The Morgan fingerprint density at radius 3 is 2.38 bits per heavy atom. The fourth-order valence-corrected chi connectivity index (χ4v) is 4.59. The van der Waals surface area contributed by atoms with E-state index in [0.717, 1.165) is 22.0 Å². The highest BCUT2D eigenvalue weighted by Crippen LogP contribution is 2.30. The van der Waals surface area contributed by atoms with E-state index in [1.807, 2.05) is 54.7 Å². The second kappa shape index (κ2) is 9.06. The van der Waals surface area contributed by atoms with Gasteiger partial charge in [0.2, 0.25) is 0 Å². The normalized spacial score (nSPS) is 15.3. The lowest BCUT2D eigenvalue weighted by atomic mass is 10.1. The number of anilines is 1. The number of carbonyl (C=O) groups excluding carboxylic acids is 2. The maximum absolute atomic E-state index is 13.4. The third-order valence-corrected chi connectivity index (χ3v) is 6.44. The van der Waals surface area contributed by atoms with Gasteiger partial charge in [0.25, 0.3) is 11.8 Å². The number of para-hydroxylation sites is 2. The molecule has 0 unspecified atom stereocenters. The molecule has 5 rings (SSSR count). The van der Waals surface area contributed by atoms with Crippen molar-refractivity contribution >= 4 is 75.0 Å². The molecule has 3 aromatic carbocycles. The van der Waals surface area contributed by atoms with E-state index < -0.39 is 11.8 Å². The van der Waals surface area contributed by atoms with E-state index in [1.165, 1.54) is 4.90 Å². The quantitative estimate of drug-likeness (QED) is 0.215. The monoisotopic (exact) mass is 505 g/mol. The molecule has 8 heteroatoms. The number of benzene rings is 3. The lowest BCUT2D eigenvalue weighted by Gasteiger charge is -2.29. The van der Waals surface area contributed by atoms with E-state index in [1.54, 1.807) is 30.3 Å². The molecule has 0 aliphatic carbocycles. The average Bonchev–Trinajstić information content (AvgIpc) is 3.16. The van der Waals surface area contributed by atoms with Crippen molar-refractivity contribution in [3.63, 3.8) is 0 Å². The molecule has 0 atom stereocenters. The summed E-state index contributed by atoms with van der Waals surface area (Å²) in [6.07, 6.45) is 3.53. The molecular formula is C26H17Cl2N3O2S. The Balaban J connectivity index is 1.57. The summed E-state index contributed by atoms with van der Waals surface area (Å²) in [5, 5.41) is 4.55. The number of amides is 2. The summed E-state index contributed by atoms with van der Waals surface area (Å²) < 4.78 is 2.08. The van der Waals surface area contributed by atoms with Crippen LogP contribution >= 0.6 is 35.4 Å². The van der Waals surface area contributed by atoms with Crippen LogP contribution in [0.4, 0.5) is 5.69 Å². The fourth-order valence-electron chi connectivity index (χ4n) is 3.97. The van der Waals surface area contributed by atoms with Gasteiger partial charge in [0.05, 0.1) is 10.7 Å².